The summed E-state index contributed by atoms with van der Waals surface area (Å²) in [7, 11) is 0. The standard InChI is InChI=1S/C27H22FN3O4/c1-15(30-27(35)18-8-10-20(23(28)12-18)17-6-4-3-5-7-17)26(34)31-19-9-11-24-21(13-19)25(33)22(14-29-24)16(2)32/h3-15H,1-2H3,(H,29,33)(H,30,35)(H,31,34)/t15-/m0/s1. The molecule has 4 rings (SSSR count). The fourth-order valence-electron chi connectivity index (χ4n) is 3.66. The molecule has 0 unspecified atom stereocenters. The minimum absolute atomic E-state index is 0.0205. The fourth-order valence-corrected chi connectivity index (χ4v) is 3.66. The van der Waals surface area contributed by atoms with Gasteiger partial charge in [0.05, 0.1) is 5.56 Å². The molecular weight excluding hydrogens is 449 g/mol. The molecule has 0 saturated heterocycles. The highest BCUT2D eigenvalue weighted by molar-refractivity contribution is 6.02. The number of nitrogens with one attached hydrogen (secondary N) is 3. The average molecular weight is 471 g/mol. The molecule has 3 N–H and O–H groups in total. The smallest absolute Gasteiger partial charge is 0.252 e. The van der Waals surface area contributed by atoms with Gasteiger partial charge in [0.15, 0.2) is 11.2 Å². The lowest BCUT2D eigenvalue weighted by Crippen LogP contribution is -2.41. The zero-order valence-corrected chi connectivity index (χ0v) is 19.0. The van der Waals surface area contributed by atoms with Crippen molar-refractivity contribution in [3.63, 3.8) is 0 Å². The summed E-state index contributed by atoms with van der Waals surface area (Å²) < 4.78 is 14.6. The fraction of sp³-hybridized carbons (Fsp3) is 0.111. The maximum atomic E-state index is 14.6. The van der Waals surface area contributed by atoms with E-state index in [1.165, 1.54) is 38.2 Å². The van der Waals surface area contributed by atoms with E-state index in [9.17, 15) is 23.6 Å². The molecule has 0 fully saturated rings. The van der Waals surface area contributed by atoms with Gasteiger partial charge in [-0.25, -0.2) is 4.39 Å². The lowest BCUT2D eigenvalue weighted by atomic mass is 10.0. The van der Waals surface area contributed by atoms with Crippen LogP contribution in [0.4, 0.5) is 10.1 Å². The third-order valence-corrected chi connectivity index (χ3v) is 5.58. The molecule has 4 aromatic rings. The molecule has 2 amide bonds. The summed E-state index contributed by atoms with van der Waals surface area (Å²) in [6.45, 7) is 2.79. The summed E-state index contributed by atoms with van der Waals surface area (Å²) in [5, 5.41) is 5.44. The van der Waals surface area contributed by atoms with Gasteiger partial charge in [0.25, 0.3) is 5.91 Å². The number of hydrogen-bond donors (Lipinski definition) is 3. The zero-order chi connectivity index (χ0) is 25.1. The summed E-state index contributed by atoms with van der Waals surface area (Å²) in [6.07, 6.45) is 1.36. The third kappa shape index (κ3) is 5.01. The highest BCUT2D eigenvalue weighted by Gasteiger charge is 2.19. The summed E-state index contributed by atoms with van der Waals surface area (Å²) in [6, 6.07) is 16.8. The van der Waals surface area contributed by atoms with Gasteiger partial charge in [-0.1, -0.05) is 36.4 Å². The number of aromatic amines is 1. The quantitative estimate of drug-likeness (QED) is 0.365. The van der Waals surface area contributed by atoms with Crippen LogP contribution in [-0.4, -0.2) is 28.6 Å². The van der Waals surface area contributed by atoms with E-state index in [0.29, 0.717) is 22.3 Å². The predicted octanol–water partition coefficient (Wildman–Crippen LogP) is 4.29. The van der Waals surface area contributed by atoms with Gasteiger partial charge in [0, 0.05) is 33.9 Å². The number of H-pyrrole nitrogens is 1. The maximum absolute atomic E-state index is 14.6. The first-order valence-electron chi connectivity index (χ1n) is 10.9. The Hall–Kier alpha value is -4.59. The van der Waals surface area contributed by atoms with Gasteiger partial charge in [0.2, 0.25) is 5.91 Å². The van der Waals surface area contributed by atoms with Crippen molar-refractivity contribution in [3.8, 4) is 11.1 Å². The Balaban J connectivity index is 1.46. The molecule has 3 aromatic carbocycles. The number of anilines is 1. The van der Waals surface area contributed by atoms with Crippen LogP contribution < -0.4 is 16.1 Å². The summed E-state index contributed by atoms with van der Waals surface area (Å²) in [5.74, 6) is -2.05. The van der Waals surface area contributed by atoms with Crippen LogP contribution in [0.25, 0.3) is 22.0 Å². The van der Waals surface area contributed by atoms with Crippen LogP contribution in [-0.2, 0) is 4.79 Å². The van der Waals surface area contributed by atoms with Crippen molar-refractivity contribution in [2.45, 2.75) is 19.9 Å². The number of fused-ring (bicyclic) bond motifs is 1. The number of hydrogen-bond acceptors (Lipinski definition) is 4. The van der Waals surface area contributed by atoms with Crippen LogP contribution >= 0.6 is 0 Å². The minimum atomic E-state index is -0.947. The third-order valence-electron chi connectivity index (χ3n) is 5.58. The lowest BCUT2D eigenvalue weighted by Gasteiger charge is -2.15. The van der Waals surface area contributed by atoms with E-state index >= 15 is 0 Å². The Bertz CT molecular complexity index is 1510. The average Bonchev–Trinajstić information content (AvgIpc) is 2.84. The number of carbonyl (C=O) groups is 3. The van der Waals surface area contributed by atoms with E-state index < -0.39 is 29.1 Å². The van der Waals surface area contributed by atoms with Crippen molar-refractivity contribution in [3.05, 3.63) is 100 Å². The number of ketones is 1. The van der Waals surface area contributed by atoms with Gasteiger partial charge in [0.1, 0.15) is 11.9 Å². The Morgan fingerprint density at radius 3 is 2.40 bits per heavy atom. The zero-order valence-electron chi connectivity index (χ0n) is 19.0. The molecule has 0 spiro atoms. The molecule has 0 radical (unpaired) electrons. The molecule has 0 aliphatic heterocycles. The Morgan fingerprint density at radius 1 is 0.971 bits per heavy atom. The van der Waals surface area contributed by atoms with Gasteiger partial charge < -0.3 is 15.6 Å². The number of pyridine rings is 1. The highest BCUT2D eigenvalue weighted by Crippen LogP contribution is 2.23. The summed E-state index contributed by atoms with van der Waals surface area (Å²) in [4.78, 5) is 52.3. The molecule has 176 valence electrons. The number of aromatic nitrogens is 1. The monoisotopic (exact) mass is 471 g/mol. The first-order chi connectivity index (χ1) is 16.7. The number of rotatable bonds is 6. The van der Waals surface area contributed by atoms with E-state index in [-0.39, 0.29) is 22.3 Å². The van der Waals surface area contributed by atoms with Gasteiger partial charge in [-0.15, -0.1) is 0 Å². The number of halogens is 1. The van der Waals surface area contributed by atoms with Crippen molar-refractivity contribution < 1.29 is 18.8 Å². The van der Waals surface area contributed by atoms with Crippen LogP contribution in [0.5, 0.6) is 0 Å². The van der Waals surface area contributed by atoms with Crippen LogP contribution in [0.2, 0.25) is 0 Å². The normalized spacial score (nSPS) is 11.6. The lowest BCUT2D eigenvalue weighted by molar-refractivity contribution is -0.117. The molecule has 0 saturated carbocycles. The molecule has 8 heteroatoms. The molecular formula is C27H22FN3O4. The van der Waals surface area contributed by atoms with E-state index in [1.54, 1.807) is 36.4 Å². The molecule has 35 heavy (non-hydrogen) atoms. The second-order valence-corrected chi connectivity index (χ2v) is 8.09. The number of benzene rings is 3. The Morgan fingerprint density at radius 2 is 1.71 bits per heavy atom. The SMILES string of the molecule is CC(=O)c1c[nH]c2ccc(NC(=O)[C@H](C)NC(=O)c3ccc(-c4ccccc4)c(F)c3)cc2c1=O. The van der Waals surface area contributed by atoms with Crippen molar-refractivity contribution in [2.75, 3.05) is 5.32 Å². The van der Waals surface area contributed by atoms with Crippen molar-refractivity contribution in [1.29, 1.82) is 0 Å². The van der Waals surface area contributed by atoms with E-state index in [2.05, 4.69) is 15.6 Å². The molecule has 0 aliphatic carbocycles. The molecule has 0 aliphatic rings. The second-order valence-electron chi connectivity index (χ2n) is 8.09. The van der Waals surface area contributed by atoms with Crippen LogP contribution in [0.15, 0.2) is 77.7 Å². The van der Waals surface area contributed by atoms with Crippen molar-refractivity contribution >= 4 is 34.2 Å². The number of carbonyl (C=O) groups excluding carboxylic acids is 3. The topological polar surface area (TPSA) is 108 Å². The van der Waals surface area contributed by atoms with Crippen LogP contribution in [0.1, 0.15) is 34.6 Å². The van der Waals surface area contributed by atoms with E-state index in [4.69, 9.17) is 0 Å². The number of amides is 2. The van der Waals surface area contributed by atoms with Crippen LogP contribution in [0, 0.1) is 5.82 Å². The van der Waals surface area contributed by atoms with Gasteiger partial charge in [-0.05, 0) is 49.7 Å². The van der Waals surface area contributed by atoms with E-state index in [1.807, 2.05) is 6.07 Å². The largest absolute Gasteiger partial charge is 0.360 e. The molecule has 0 bridgehead atoms. The van der Waals surface area contributed by atoms with Gasteiger partial charge >= 0.3 is 0 Å². The van der Waals surface area contributed by atoms with Crippen LogP contribution in [0.3, 0.4) is 0 Å². The van der Waals surface area contributed by atoms with E-state index in [0.717, 1.165) is 6.07 Å². The van der Waals surface area contributed by atoms with Gasteiger partial charge in [-0.2, -0.15) is 0 Å². The number of Topliss-reactive ketones (excluding diaryl/α,β-unsaturated/α-hetero) is 1. The van der Waals surface area contributed by atoms with Gasteiger partial charge in [-0.3, -0.25) is 19.2 Å². The molecule has 1 aromatic heterocycles. The second kappa shape index (κ2) is 9.72. The molecule has 1 atom stereocenters. The summed E-state index contributed by atoms with van der Waals surface area (Å²) >= 11 is 0. The maximum Gasteiger partial charge on any atom is 0.252 e. The first-order valence-corrected chi connectivity index (χ1v) is 10.9. The summed E-state index contributed by atoms with van der Waals surface area (Å²) in [5.41, 5.74) is 1.56. The first kappa shape index (κ1) is 23.6. The molecule has 1 heterocycles. The Labute approximate surface area is 200 Å². The molecule has 7 nitrogen and oxygen atoms in total. The van der Waals surface area contributed by atoms with Crippen molar-refractivity contribution in [1.82, 2.24) is 10.3 Å². The van der Waals surface area contributed by atoms with Crippen molar-refractivity contribution in [2.24, 2.45) is 0 Å². The Kier molecular flexibility index (Phi) is 6.55. The predicted molar refractivity (Wildman–Crippen MR) is 132 cm³/mol. The minimum Gasteiger partial charge on any atom is -0.360 e. The highest BCUT2D eigenvalue weighted by atomic mass is 19.1.